The van der Waals surface area contributed by atoms with Crippen LogP contribution in [0.15, 0.2) is 0 Å². The number of nitrogens with one attached hydrogen (secondary N) is 3. The third kappa shape index (κ3) is 3.67. The van der Waals surface area contributed by atoms with Crippen molar-refractivity contribution in [3.63, 3.8) is 0 Å². The second-order valence-electron chi connectivity index (χ2n) is 4.32. The standard InChI is InChI=1S/C11H21N3O3/c1-12-9(15)7-14-10(16)11(8-17-2)3-5-13-6-4-11/h13H,3-8H2,1-2H3,(H,12,15)(H,14,16). The van der Waals surface area contributed by atoms with Crippen LogP contribution in [0.25, 0.3) is 0 Å². The zero-order valence-corrected chi connectivity index (χ0v) is 10.5. The van der Waals surface area contributed by atoms with Crippen LogP contribution < -0.4 is 16.0 Å². The van der Waals surface area contributed by atoms with Gasteiger partial charge in [-0.05, 0) is 25.9 Å². The third-order valence-electron chi connectivity index (χ3n) is 3.15. The summed E-state index contributed by atoms with van der Waals surface area (Å²) < 4.78 is 5.15. The number of hydrogen-bond acceptors (Lipinski definition) is 4. The Morgan fingerprint density at radius 2 is 2.00 bits per heavy atom. The number of methoxy groups -OCH3 is 1. The van der Waals surface area contributed by atoms with Gasteiger partial charge in [0.15, 0.2) is 0 Å². The summed E-state index contributed by atoms with van der Waals surface area (Å²) in [6.45, 7) is 2.02. The van der Waals surface area contributed by atoms with Crippen LogP contribution in [0, 0.1) is 5.41 Å². The minimum absolute atomic E-state index is 0.0220. The minimum atomic E-state index is -0.492. The maximum Gasteiger partial charge on any atom is 0.239 e. The van der Waals surface area contributed by atoms with Crippen molar-refractivity contribution in [1.82, 2.24) is 16.0 Å². The lowest BCUT2D eigenvalue weighted by molar-refractivity contribution is -0.137. The van der Waals surface area contributed by atoms with E-state index in [0.29, 0.717) is 6.61 Å². The molecule has 0 unspecified atom stereocenters. The summed E-state index contributed by atoms with van der Waals surface area (Å²) in [5, 5.41) is 8.35. The summed E-state index contributed by atoms with van der Waals surface area (Å²) in [5.74, 6) is -0.288. The summed E-state index contributed by atoms with van der Waals surface area (Å²) in [6.07, 6.45) is 1.47. The van der Waals surface area contributed by atoms with E-state index in [1.54, 1.807) is 14.2 Å². The summed E-state index contributed by atoms with van der Waals surface area (Å²) in [7, 11) is 3.14. The number of piperidine rings is 1. The molecule has 0 aromatic rings. The lowest BCUT2D eigenvalue weighted by Crippen LogP contribution is -2.51. The fourth-order valence-electron chi connectivity index (χ4n) is 2.06. The Hall–Kier alpha value is -1.14. The second-order valence-corrected chi connectivity index (χ2v) is 4.32. The van der Waals surface area contributed by atoms with Gasteiger partial charge < -0.3 is 20.7 Å². The predicted octanol–water partition coefficient (Wildman–Crippen LogP) is -1.14. The molecule has 1 heterocycles. The Labute approximate surface area is 101 Å². The van der Waals surface area contributed by atoms with Gasteiger partial charge in [0.25, 0.3) is 0 Å². The lowest BCUT2D eigenvalue weighted by Gasteiger charge is -2.35. The van der Waals surface area contributed by atoms with Crippen LogP contribution in [0.2, 0.25) is 0 Å². The zero-order valence-electron chi connectivity index (χ0n) is 10.5. The Bertz CT molecular complexity index is 270. The highest BCUT2D eigenvalue weighted by Gasteiger charge is 2.39. The van der Waals surface area contributed by atoms with E-state index in [2.05, 4.69) is 16.0 Å². The first-order valence-corrected chi connectivity index (χ1v) is 5.83. The molecule has 0 saturated carbocycles. The normalized spacial score (nSPS) is 18.5. The van der Waals surface area contributed by atoms with E-state index in [9.17, 15) is 9.59 Å². The summed E-state index contributed by atoms with van der Waals surface area (Å²) in [4.78, 5) is 23.2. The van der Waals surface area contributed by atoms with Crippen molar-refractivity contribution in [3.8, 4) is 0 Å². The van der Waals surface area contributed by atoms with Crippen LogP contribution >= 0.6 is 0 Å². The van der Waals surface area contributed by atoms with Crippen molar-refractivity contribution in [2.75, 3.05) is 40.4 Å². The smallest absolute Gasteiger partial charge is 0.239 e. The minimum Gasteiger partial charge on any atom is -0.384 e. The maximum atomic E-state index is 12.1. The van der Waals surface area contributed by atoms with Crippen molar-refractivity contribution in [2.24, 2.45) is 5.41 Å². The van der Waals surface area contributed by atoms with Crippen molar-refractivity contribution in [2.45, 2.75) is 12.8 Å². The number of hydrogen-bond donors (Lipinski definition) is 3. The van der Waals surface area contributed by atoms with Gasteiger partial charge in [0.05, 0.1) is 18.6 Å². The van der Waals surface area contributed by atoms with E-state index in [1.165, 1.54) is 0 Å². The number of amides is 2. The highest BCUT2D eigenvalue weighted by molar-refractivity contribution is 5.88. The molecule has 0 spiro atoms. The highest BCUT2D eigenvalue weighted by Crippen LogP contribution is 2.29. The molecule has 0 atom stereocenters. The van der Waals surface area contributed by atoms with Gasteiger partial charge in [0, 0.05) is 14.2 Å². The largest absolute Gasteiger partial charge is 0.384 e. The Morgan fingerprint density at radius 1 is 1.35 bits per heavy atom. The summed E-state index contributed by atoms with van der Waals surface area (Å²) in [5.41, 5.74) is -0.492. The Kier molecular flexibility index (Phi) is 5.37. The molecule has 3 N–H and O–H groups in total. The molecule has 1 aliphatic heterocycles. The van der Waals surface area contributed by atoms with Gasteiger partial charge in [-0.3, -0.25) is 9.59 Å². The number of likely N-dealkylation sites (N-methyl/N-ethyl adjacent to an activating group) is 1. The average molecular weight is 243 g/mol. The number of rotatable bonds is 5. The molecule has 0 bridgehead atoms. The molecule has 6 heteroatoms. The average Bonchev–Trinajstić information content (AvgIpc) is 2.36. The molecule has 98 valence electrons. The first-order chi connectivity index (χ1) is 8.14. The Morgan fingerprint density at radius 3 is 2.53 bits per heavy atom. The van der Waals surface area contributed by atoms with Crippen molar-refractivity contribution >= 4 is 11.8 Å². The zero-order chi connectivity index (χ0) is 12.7. The van der Waals surface area contributed by atoms with Crippen LogP contribution in [-0.4, -0.2) is 52.2 Å². The lowest BCUT2D eigenvalue weighted by atomic mass is 9.78. The molecule has 17 heavy (non-hydrogen) atoms. The van der Waals surface area contributed by atoms with E-state index in [-0.39, 0.29) is 18.4 Å². The molecule has 1 aliphatic rings. The van der Waals surface area contributed by atoms with E-state index < -0.39 is 5.41 Å². The molecule has 0 aromatic carbocycles. The van der Waals surface area contributed by atoms with E-state index >= 15 is 0 Å². The van der Waals surface area contributed by atoms with E-state index in [4.69, 9.17) is 4.74 Å². The first kappa shape index (κ1) is 13.9. The summed E-state index contributed by atoms with van der Waals surface area (Å²) >= 11 is 0. The van der Waals surface area contributed by atoms with Crippen molar-refractivity contribution in [3.05, 3.63) is 0 Å². The number of ether oxygens (including phenoxy) is 1. The first-order valence-electron chi connectivity index (χ1n) is 5.83. The van der Waals surface area contributed by atoms with E-state index in [0.717, 1.165) is 25.9 Å². The molecular formula is C11H21N3O3. The van der Waals surface area contributed by atoms with Gasteiger partial charge in [-0.2, -0.15) is 0 Å². The fourth-order valence-corrected chi connectivity index (χ4v) is 2.06. The van der Waals surface area contributed by atoms with Gasteiger partial charge in [-0.15, -0.1) is 0 Å². The molecule has 6 nitrogen and oxygen atoms in total. The summed E-state index contributed by atoms with van der Waals surface area (Å²) in [6, 6.07) is 0. The number of carbonyl (C=O) groups excluding carboxylic acids is 2. The van der Waals surface area contributed by atoms with Crippen molar-refractivity contribution in [1.29, 1.82) is 0 Å². The molecule has 1 fully saturated rings. The molecule has 0 radical (unpaired) electrons. The molecule has 1 saturated heterocycles. The van der Waals surface area contributed by atoms with E-state index in [1.807, 2.05) is 0 Å². The molecule has 1 rings (SSSR count). The van der Waals surface area contributed by atoms with Crippen LogP contribution in [-0.2, 0) is 14.3 Å². The maximum absolute atomic E-state index is 12.1. The van der Waals surface area contributed by atoms with Crippen LogP contribution in [0.3, 0.4) is 0 Å². The molecule has 0 aliphatic carbocycles. The number of carbonyl (C=O) groups is 2. The molecular weight excluding hydrogens is 222 g/mol. The van der Waals surface area contributed by atoms with Crippen LogP contribution in [0.5, 0.6) is 0 Å². The predicted molar refractivity (Wildman–Crippen MR) is 63.5 cm³/mol. The van der Waals surface area contributed by atoms with Gasteiger partial charge in [0.1, 0.15) is 0 Å². The highest BCUT2D eigenvalue weighted by atomic mass is 16.5. The van der Waals surface area contributed by atoms with Gasteiger partial charge in [0.2, 0.25) is 11.8 Å². The monoisotopic (exact) mass is 243 g/mol. The van der Waals surface area contributed by atoms with Gasteiger partial charge in [-0.1, -0.05) is 0 Å². The molecule has 2 amide bonds. The van der Waals surface area contributed by atoms with Gasteiger partial charge in [-0.25, -0.2) is 0 Å². The Balaban J connectivity index is 2.56. The molecule has 0 aromatic heterocycles. The van der Waals surface area contributed by atoms with Crippen molar-refractivity contribution < 1.29 is 14.3 Å². The quantitative estimate of drug-likeness (QED) is 0.570. The second kappa shape index (κ2) is 6.56. The third-order valence-corrected chi connectivity index (χ3v) is 3.15. The topological polar surface area (TPSA) is 79.5 Å². The van der Waals surface area contributed by atoms with Crippen LogP contribution in [0.4, 0.5) is 0 Å². The SMILES string of the molecule is CNC(=O)CNC(=O)C1(COC)CCNCC1. The van der Waals surface area contributed by atoms with Crippen LogP contribution in [0.1, 0.15) is 12.8 Å². The van der Waals surface area contributed by atoms with Gasteiger partial charge >= 0.3 is 0 Å². The fraction of sp³-hybridized carbons (Fsp3) is 0.818.